The molecule has 1 aromatic carbocycles. The number of thioether (sulfide) groups is 1. The minimum atomic E-state index is -0.282. The average Bonchev–Trinajstić information content (AvgIpc) is 3.51. The minimum Gasteiger partial charge on any atom is -0.353 e. The lowest BCUT2D eigenvalue weighted by Gasteiger charge is -2.51. The maximum Gasteiger partial charge on any atom is 0.230 e. The summed E-state index contributed by atoms with van der Waals surface area (Å²) in [7, 11) is 0. The summed E-state index contributed by atoms with van der Waals surface area (Å²) in [6, 6.07) is 8.19. The van der Waals surface area contributed by atoms with Crippen molar-refractivity contribution in [1.29, 1.82) is 0 Å². The van der Waals surface area contributed by atoms with E-state index in [-0.39, 0.29) is 36.0 Å². The summed E-state index contributed by atoms with van der Waals surface area (Å²) in [6.07, 6.45) is 6.51. The predicted molar refractivity (Wildman–Crippen MR) is 141 cm³/mol. The molecule has 0 bridgehead atoms. The molecule has 3 fully saturated rings. The average molecular weight is 518 g/mol. The van der Waals surface area contributed by atoms with Crippen LogP contribution in [0, 0.1) is 17.8 Å². The summed E-state index contributed by atoms with van der Waals surface area (Å²) >= 11 is 7.73. The standard InChI is InChI=1S/C26H36ClN5O2S/c1-16(2)14-31-24(34)21-12-9-18(23(33)28-20-5-3-4-6-20)13-22(21)32-25(31)29-30-26(32)35-15-17-7-10-19(27)11-8-17/h7-8,10-11,16,18,20-22,25,29H,3-6,9,12-15H2,1-2H3,(H,28,33). The number of benzene rings is 1. The van der Waals surface area contributed by atoms with Crippen molar-refractivity contribution in [1.82, 2.24) is 20.5 Å². The van der Waals surface area contributed by atoms with Crippen molar-refractivity contribution in [3.8, 4) is 0 Å². The molecule has 0 aromatic heterocycles. The number of nitrogens with one attached hydrogen (secondary N) is 2. The van der Waals surface area contributed by atoms with Crippen LogP contribution in [-0.2, 0) is 15.3 Å². The van der Waals surface area contributed by atoms with Crippen LogP contribution in [0.15, 0.2) is 29.4 Å². The second-order valence-electron chi connectivity index (χ2n) is 10.8. The molecule has 2 aliphatic heterocycles. The molecule has 1 aromatic rings. The lowest BCUT2D eigenvalue weighted by Crippen LogP contribution is -2.68. The van der Waals surface area contributed by atoms with Gasteiger partial charge in [-0.2, -0.15) is 5.10 Å². The molecule has 4 aliphatic rings. The highest BCUT2D eigenvalue weighted by Crippen LogP contribution is 2.41. The van der Waals surface area contributed by atoms with E-state index in [2.05, 4.69) is 34.6 Å². The number of nitrogens with zero attached hydrogens (tertiary/aromatic N) is 3. The molecule has 2 saturated carbocycles. The number of carbonyl (C=O) groups is 2. The van der Waals surface area contributed by atoms with Crippen molar-refractivity contribution in [3.05, 3.63) is 34.9 Å². The van der Waals surface area contributed by atoms with Crippen LogP contribution in [0.3, 0.4) is 0 Å². The Morgan fingerprint density at radius 3 is 2.66 bits per heavy atom. The highest BCUT2D eigenvalue weighted by atomic mass is 35.5. The Hall–Kier alpha value is -1.93. The first-order valence-corrected chi connectivity index (χ1v) is 14.4. The van der Waals surface area contributed by atoms with Gasteiger partial charge in [0.05, 0.1) is 5.92 Å². The summed E-state index contributed by atoms with van der Waals surface area (Å²) in [5, 5.41) is 9.61. The number of rotatable bonds is 6. The fourth-order valence-electron chi connectivity index (χ4n) is 6.00. The van der Waals surface area contributed by atoms with Crippen molar-refractivity contribution >= 4 is 40.3 Å². The molecule has 9 heteroatoms. The van der Waals surface area contributed by atoms with E-state index in [9.17, 15) is 9.59 Å². The van der Waals surface area contributed by atoms with Crippen LogP contribution in [0.5, 0.6) is 0 Å². The molecule has 1 saturated heterocycles. The summed E-state index contributed by atoms with van der Waals surface area (Å²) < 4.78 is 0. The van der Waals surface area contributed by atoms with Gasteiger partial charge in [-0.25, -0.2) is 0 Å². The SMILES string of the molecule is CC(C)CN1C(=O)C2CCC(C(=O)NC3CCCC3)CC2N2C(SCc3ccc(Cl)cc3)=NNC12. The van der Waals surface area contributed by atoms with Crippen LogP contribution in [0.1, 0.15) is 64.4 Å². The molecule has 2 heterocycles. The zero-order valence-electron chi connectivity index (χ0n) is 20.6. The maximum absolute atomic E-state index is 13.6. The number of hydrazone groups is 1. The van der Waals surface area contributed by atoms with Gasteiger partial charge >= 0.3 is 0 Å². The fraction of sp³-hybridized carbons (Fsp3) is 0.654. The van der Waals surface area contributed by atoms with Crippen LogP contribution in [0.4, 0.5) is 0 Å². The van der Waals surface area contributed by atoms with E-state index in [1.807, 2.05) is 29.2 Å². The van der Waals surface area contributed by atoms with Gasteiger partial charge in [0.25, 0.3) is 0 Å². The van der Waals surface area contributed by atoms with Gasteiger partial charge in [0, 0.05) is 35.3 Å². The third-order valence-corrected chi connectivity index (χ3v) is 9.03. The van der Waals surface area contributed by atoms with Gasteiger partial charge in [-0.05, 0) is 55.7 Å². The predicted octanol–water partition coefficient (Wildman–Crippen LogP) is 4.37. The van der Waals surface area contributed by atoms with Crippen molar-refractivity contribution in [3.63, 3.8) is 0 Å². The lowest BCUT2D eigenvalue weighted by molar-refractivity contribution is -0.158. The number of hydrogen-bond donors (Lipinski definition) is 2. The quantitative estimate of drug-likeness (QED) is 0.585. The van der Waals surface area contributed by atoms with Crippen LogP contribution in [-0.4, -0.2) is 51.7 Å². The monoisotopic (exact) mass is 517 g/mol. The zero-order valence-corrected chi connectivity index (χ0v) is 22.2. The van der Waals surface area contributed by atoms with Gasteiger partial charge in [-0.15, -0.1) is 0 Å². The Balaban J connectivity index is 1.33. The normalized spacial score (nSPS) is 28.6. The van der Waals surface area contributed by atoms with E-state index in [0.717, 1.165) is 41.6 Å². The van der Waals surface area contributed by atoms with E-state index in [0.29, 0.717) is 24.9 Å². The highest BCUT2D eigenvalue weighted by molar-refractivity contribution is 8.13. The molecule has 4 atom stereocenters. The van der Waals surface area contributed by atoms with Crippen molar-refractivity contribution in [2.45, 2.75) is 82.9 Å². The molecule has 35 heavy (non-hydrogen) atoms. The van der Waals surface area contributed by atoms with E-state index < -0.39 is 0 Å². The Kier molecular flexibility index (Phi) is 7.49. The molecule has 2 aliphatic carbocycles. The number of carbonyl (C=O) groups excluding carboxylic acids is 2. The first kappa shape index (κ1) is 24.8. The molecule has 2 amide bonds. The third kappa shape index (κ3) is 5.29. The van der Waals surface area contributed by atoms with Gasteiger partial charge in [-0.3, -0.25) is 15.0 Å². The molecule has 4 unspecified atom stereocenters. The summed E-state index contributed by atoms with van der Waals surface area (Å²) in [4.78, 5) is 31.0. The van der Waals surface area contributed by atoms with Gasteiger partial charge in [0.15, 0.2) is 11.5 Å². The van der Waals surface area contributed by atoms with E-state index in [1.54, 1.807) is 11.8 Å². The fourth-order valence-corrected chi connectivity index (χ4v) is 7.12. The number of amidine groups is 1. The van der Waals surface area contributed by atoms with Crippen LogP contribution in [0.2, 0.25) is 5.02 Å². The lowest BCUT2D eigenvalue weighted by atomic mass is 9.75. The van der Waals surface area contributed by atoms with Crippen LogP contribution in [0.25, 0.3) is 0 Å². The van der Waals surface area contributed by atoms with Gasteiger partial charge in [-0.1, -0.05) is 62.2 Å². The molecule has 0 spiro atoms. The van der Waals surface area contributed by atoms with E-state index in [1.165, 1.54) is 18.4 Å². The smallest absolute Gasteiger partial charge is 0.230 e. The van der Waals surface area contributed by atoms with Crippen molar-refractivity contribution in [2.24, 2.45) is 22.9 Å². The molecule has 7 nitrogen and oxygen atoms in total. The van der Waals surface area contributed by atoms with Gasteiger partial charge < -0.3 is 15.1 Å². The Bertz CT molecular complexity index is 965. The van der Waals surface area contributed by atoms with E-state index >= 15 is 0 Å². The molecular weight excluding hydrogens is 482 g/mol. The third-order valence-electron chi connectivity index (χ3n) is 7.74. The second kappa shape index (κ2) is 10.6. The summed E-state index contributed by atoms with van der Waals surface area (Å²) in [5.74, 6) is 1.35. The molecular formula is C26H36ClN5O2S. The molecule has 190 valence electrons. The number of amides is 2. The molecule has 2 N–H and O–H groups in total. The number of fused-ring (bicyclic) bond motifs is 3. The van der Waals surface area contributed by atoms with E-state index in [4.69, 9.17) is 11.6 Å². The highest BCUT2D eigenvalue weighted by Gasteiger charge is 2.53. The largest absolute Gasteiger partial charge is 0.353 e. The number of hydrogen-bond acceptors (Lipinski definition) is 6. The Morgan fingerprint density at radius 1 is 1.20 bits per heavy atom. The minimum absolute atomic E-state index is 0.0181. The Labute approximate surface area is 217 Å². The summed E-state index contributed by atoms with van der Waals surface area (Å²) in [5.41, 5.74) is 4.43. The topological polar surface area (TPSA) is 77.0 Å². The summed E-state index contributed by atoms with van der Waals surface area (Å²) in [6.45, 7) is 4.96. The first-order valence-electron chi connectivity index (χ1n) is 13.0. The molecule has 0 radical (unpaired) electrons. The second-order valence-corrected chi connectivity index (χ2v) is 12.2. The maximum atomic E-state index is 13.6. The molecule has 5 rings (SSSR count). The Morgan fingerprint density at radius 2 is 1.94 bits per heavy atom. The van der Waals surface area contributed by atoms with Crippen LogP contribution >= 0.6 is 23.4 Å². The first-order chi connectivity index (χ1) is 16.9. The van der Waals surface area contributed by atoms with Crippen molar-refractivity contribution < 1.29 is 9.59 Å². The van der Waals surface area contributed by atoms with Gasteiger partial charge in [0.2, 0.25) is 11.8 Å². The number of halogens is 1. The zero-order chi connectivity index (χ0) is 24.5. The van der Waals surface area contributed by atoms with Crippen LogP contribution < -0.4 is 10.7 Å². The van der Waals surface area contributed by atoms with Gasteiger partial charge in [0.1, 0.15) is 0 Å². The van der Waals surface area contributed by atoms with Crippen molar-refractivity contribution in [2.75, 3.05) is 6.54 Å².